The quantitative estimate of drug-likeness (QED) is 0.764. The summed E-state index contributed by atoms with van der Waals surface area (Å²) in [5, 5.41) is 2.93. The SMILES string of the molecule is O=C1COC[C@H](CCCCOCc2ccccc2)N1. The fraction of sp³-hybridized carbons (Fsp3) is 0.533. The van der Waals surface area contributed by atoms with Crippen molar-refractivity contribution >= 4 is 5.91 Å². The molecule has 19 heavy (non-hydrogen) atoms. The lowest BCUT2D eigenvalue weighted by molar-refractivity contribution is -0.131. The highest BCUT2D eigenvalue weighted by atomic mass is 16.5. The fourth-order valence-electron chi connectivity index (χ4n) is 2.12. The van der Waals surface area contributed by atoms with Gasteiger partial charge in [0.05, 0.1) is 19.3 Å². The van der Waals surface area contributed by atoms with E-state index in [2.05, 4.69) is 17.4 Å². The molecule has 1 N–H and O–H groups in total. The van der Waals surface area contributed by atoms with Crippen LogP contribution in [0.4, 0.5) is 0 Å². The summed E-state index contributed by atoms with van der Waals surface area (Å²) in [5.74, 6) is -0.00317. The number of morpholine rings is 1. The molecule has 1 aliphatic rings. The highest BCUT2D eigenvalue weighted by Crippen LogP contribution is 2.06. The molecule has 4 heteroatoms. The van der Waals surface area contributed by atoms with E-state index in [0.717, 1.165) is 25.9 Å². The van der Waals surface area contributed by atoms with Crippen LogP contribution >= 0.6 is 0 Å². The number of benzene rings is 1. The molecule has 2 rings (SSSR count). The van der Waals surface area contributed by atoms with Gasteiger partial charge in [-0.2, -0.15) is 0 Å². The second-order valence-electron chi connectivity index (χ2n) is 4.81. The minimum absolute atomic E-state index is 0.00317. The number of nitrogens with one attached hydrogen (secondary N) is 1. The molecule has 1 aromatic carbocycles. The normalized spacial score (nSPS) is 19.2. The van der Waals surface area contributed by atoms with Crippen molar-refractivity contribution in [3.8, 4) is 0 Å². The molecule has 1 fully saturated rings. The number of rotatable bonds is 7. The predicted molar refractivity (Wildman–Crippen MR) is 72.7 cm³/mol. The number of hydrogen-bond donors (Lipinski definition) is 1. The Kier molecular flexibility index (Phi) is 5.85. The number of hydrogen-bond acceptors (Lipinski definition) is 3. The summed E-state index contributed by atoms with van der Waals surface area (Å²) in [6.45, 7) is 2.27. The molecule has 1 heterocycles. The maximum atomic E-state index is 11.1. The number of unbranched alkanes of at least 4 members (excludes halogenated alkanes) is 1. The van der Waals surface area contributed by atoms with Gasteiger partial charge in [0, 0.05) is 6.61 Å². The Morgan fingerprint density at radius 2 is 2.11 bits per heavy atom. The maximum absolute atomic E-state index is 11.1. The molecule has 0 aromatic heterocycles. The summed E-state index contributed by atoms with van der Waals surface area (Å²) in [5.41, 5.74) is 1.20. The first kappa shape index (κ1) is 14.0. The van der Waals surface area contributed by atoms with Crippen molar-refractivity contribution in [3.63, 3.8) is 0 Å². The zero-order chi connectivity index (χ0) is 13.3. The third kappa shape index (κ3) is 5.41. The molecule has 1 aromatic rings. The topological polar surface area (TPSA) is 47.6 Å². The van der Waals surface area contributed by atoms with E-state index >= 15 is 0 Å². The lowest BCUT2D eigenvalue weighted by Crippen LogP contribution is -2.45. The van der Waals surface area contributed by atoms with Crippen molar-refractivity contribution in [2.45, 2.75) is 31.9 Å². The highest BCUT2D eigenvalue weighted by Gasteiger charge is 2.17. The lowest BCUT2D eigenvalue weighted by Gasteiger charge is -2.23. The molecule has 1 atom stereocenters. The Balaban J connectivity index is 1.49. The van der Waals surface area contributed by atoms with Crippen molar-refractivity contribution in [2.24, 2.45) is 0 Å². The summed E-state index contributed by atoms with van der Waals surface area (Å²) >= 11 is 0. The first-order valence-corrected chi connectivity index (χ1v) is 6.83. The highest BCUT2D eigenvalue weighted by molar-refractivity contribution is 5.78. The average Bonchev–Trinajstić information content (AvgIpc) is 2.44. The van der Waals surface area contributed by atoms with Crippen LogP contribution in [-0.4, -0.2) is 31.8 Å². The summed E-state index contributed by atoms with van der Waals surface area (Å²) in [6.07, 6.45) is 3.02. The number of amides is 1. The van der Waals surface area contributed by atoms with Gasteiger partial charge < -0.3 is 14.8 Å². The first-order valence-electron chi connectivity index (χ1n) is 6.83. The van der Waals surface area contributed by atoms with Crippen molar-refractivity contribution in [2.75, 3.05) is 19.8 Å². The Labute approximate surface area is 114 Å². The Morgan fingerprint density at radius 1 is 1.26 bits per heavy atom. The second kappa shape index (κ2) is 7.92. The largest absolute Gasteiger partial charge is 0.377 e. The van der Waals surface area contributed by atoms with Crippen molar-refractivity contribution < 1.29 is 14.3 Å². The summed E-state index contributed by atoms with van der Waals surface area (Å²) < 4.78 is 10.8. The van der Waals surface area contributed by atoms with Gasteiger partial charge in [0.1, 0.15) is 6.61 Å². The van der Waals surface area contributed by atoms with Crippen LogP contribution in [0.15, 0.2) is 30.3 Å². The van der Waals surface area contributed by atoms with Crippen molar-refractivity contribution in [3.05, 3.63) is 35.9 Å². The molecule has 0 radical (unpaired) electrons. The molecular formula is C15H21NO3. The third-order valence-electron chi connectivity index (χ3n) is 3.12. The van der Waals surface area contributed by atoms with Gasteiger partial charge >= 0.3 is 0 Å². The van der Waals surface area contributed by atoms with Gasteiger partial charge in [-0.15, -0.1) is 0 Å². The van der Waals surface area contributed by atoms with Crippen LogP contribution in [0.25, 0.3) is 0 Å². The van der Waals surface area contributed by atoms with E-state index in [-0.39, 0.29) is 18.6 Å². The van der Waals surface area contributed by atoms with Crippen LogP contribution in [0.2, 0.25) is 0 Å². The second-order valence-corrected chi connectivity index (χ2v) is 4.81. The van der Waals surface area contributed by atoms with Crippen LogP contribution in [0.3, 0.4) is 0 Å². The van der Waals surface area contributed by atoms with E-state index < -0.39 is 0 Å². The van der Waals surface area contributed by atoms with Crippen LogP contribution < -0.4 is 5.32 Å². The van der Waals surface area contributed by atoms with E-state index in [4.69, 9.17) is 9.47 Å². The molecule has 1 aliphatic heterocycles. The van der Waals surface area contributed by atoms with Gasteiger partial charge in [0.2, 0.25) is 5.91 Å². The number of ether oxygens (including phenoxy) is 2. The fourth-order valence-corrected chi connectivity index (χ4v) is 2.12. The minimum Gasteiger partial charge on any atom is -0.377 e. The smallest absolute Gasteiger partial charge is 0.246 e. The zero-order valence-corrected chi connectivity index (χ0v) is 11.1. The van der Waals surface area contributed by atoms with Gasteiger partial charge in [-0.1, -0.05) is 30.3 Å². The summed E-state index contributed by atoms with van der Waals surface area (Å²) in [4.78, 5) is 11.1. The first-order chi connectivity index (χ1) is 9.34. The van der Waals surface area contributed by atoms with Crippen LogP contribution in [0.5, 0.6) is 0 Å². The van der Waals surface area contributed by atoms with Crippen LogP contribution in [0.1, 0.15) is 24.8 Å². The molecule has 4 nitrogen and oxygen atoms in total. The summed E-state index contributed by atoms with van der Waals surface area (Å²) in [7, 11) is 0. The Bertz CT molecular complexity index is 380. The lowest BCUT2D eigenvalue weighted by atomic mass is 10.1. The standard InChI is InChI=1S/C15H21NO3/c17-15-12-19-11-14(16-15)8-4-5-9-18-10-13-6-2-1-3-7-13/h1-3,6-7,14H,4-5,8-12H2,(H,16,17)/t14-/m0/s1. The Hall–Kier alpha value is -1.39. The summed E-state index contributed by atoms with van der Waals surface area (Å²) in [6, 6.07) is 10.3. The maximum Gasteiger partial charge on any atom is 0.246 e. The molecule has 104 valence electrons. The van der Waals surface area contributed by atoms with Crippen molar-refractivity contribution in [1.82, 2.24) is 5.32 Å². The van der Waals surface area contributed by atoms with E-state index in [9.17, 15) is 4.79 Å². The molecule has 0 bridgehead atoms. The van der Waals surface area contributed by atoms with Gasteiger partial charge in [0.25, 0.3) is 0 Å². The Morgan fingerprint density at radius 3 is 2.89 bits per heavy atom. The minimum atomic E-state index is -0.00317. The molecule has 0 unspecified atom stereocenters. The van der Waals surface area contributed by atoms with Gasteiger partial charge in [-0.3, -0.25) is 4.79 Å². The molecule has 0 aliphatic carbocycles. The third-order valence-corrected chi connectivity index (χ3v) is 3.12. The average molecular weight is 263 g/mol. The zero-order valence-electron chi connectivity index (χ0n) is 11.1. The van der Waals surface area contributed by atoms with E-state index in [0.29, 0.717) is 13.2 Å². The van der Waals surface area contributed by atoms with Gasteiger partial charge in [0.15, 0.2) is 0 Å². The molecule has 0 spiro atoms. The van der Waals surface area contributed by atoms with E-state index in [1.165, 1.54) is 5.56 Å². The van der Waals surface area contributed by atoms with E-state index in [1.807, 2.05) is 18.2 Å². The molecule has 1 amide bonds. The monoisotopic (exact) mass is 263 g/mol. The van der Waals surface area contributed by atoms with Gasteiger partial charge in [-0.05, 0) is 24.8 Å². The van der Waals surface area contributed by atoms with Crippen LogP contribution in [0, 0.1) is 0 Å². The van der Waals surface area contributed by atoms with Crippen molar-refractivity contribution in [1.29, 1.82) is 0 Å². The predicted octanol–water partition coefficient (Wildman–Crippen LogP) is 1.89. The number of carbonyl (C=O) groups is 1. The van der Waals surface area contributed by atoms with E-state index in [1.54, 1.807) is 0 Å². The number of carbonyl (C=O) groups excluding carboxylic acids is 1. The van der Waals surface area contributed by atoms with Crippen LogP contribution in [-0.2, 0) is 20.9 Å². The molecular weight excluding hydrogens is 242 g/mol. The molecule has 1 saturated heterocycles. The molecule has 0 saturated carbocycles. The van der Waals surface area contributed by atoms with Gasteiger partial charge in [-0.25, -0.2) is 0 Å².